The molecule has 0 aliphatic carbocycles. The SMILES string of the molecule is CCCN1CCC(NC(=O)CSCC(N)=O)CC1. The van der Waals surface area contributed by atoms with Crippen LogP contribution in [0.25, 0.3) is 0 Å². The van der Waals surface area contributed by atoms with Crippen molar-refractivity contribution in [3.05, 3.63) is 0 Å². The number of likely N-dealkylation sites (tertiary alicyclic amines) is 1. The van der Waals surface area contributed by atoms with Crippen LogP contribution in [0.15, 0.2) is 0 Å². The van der Waals surface area contributed by atoms with Crippen LogP contribution in [0.1, 0.15) is 26.2 Å². The molecule has 0 bridgehead atoms. The van der Waals surface area contributed by atoms with E-state index in [2.05, 4.69) is 17.1 Å². The lowest BCUT2D eigenvalue weighted by Crippen LogP contribution is -2.45. The second-order valence-electron chi connectivity index (χ2n) is 4.64. The summed E-state index contributed by atoms with van der Waals surface area (Å²) in [5.41, 5.74) is 5.01. The minimum absolute atomic E-state index is 0.00944. The van der Waals surface area contributed by atoms with Gasteiger partial charge in [0.05, 0.1) is 11.5 Å². The van der Waals surface area contributed by atoms with Gasteiger partial charge in [0.1, 0.15) is 0 Å². The molecular formula is C12H23N3O2S. The third kappa shape index (κ3) is 6.26. The van der Waals surface area contributed by atoms with Crippen molar-refractivity contribution in [2.75, 3.05) is 31.1 Å². The number of nitrogens with two attached hydrogens (primary N) is 1. The summed E-state index contributed by atoms with van der Waals surface area (Å²) in [7, 11) is 0. The molecule has 0 aromatic carbocycles. The zero-order chi connectivity index (χ0) is 13.4. The summed E-state index contributed by atoms with van der Waals surface area (Å²) in [5, 5.41) is 3.02. The highest BCUT2D eigenvalue weighted by molar-refractivity contribution is 8.00. The fourth-order valence-electron chi connectivity index (χ4n) is 2.13. The minimum Gasteiger partial charge on any atom is -0.369 e. The van der Waals surface area contributed by atoms with Crippen molar-refractivity contribution in [1.82, 2.24) is 10.2 Å². The Kier molecular flexibility index (Phi) is 7.12. The molecule has 2 amide bonds. The number of piperidine rings is 1. The van der Waals surface area contributed by atoms with Gasteiger partial charge in [0.2, 0.25) is 11.8 Å². The molecule has 6 heteroatoms. The normalized spacial score (nSPS) is 17.6. The van der Waals surface area contributed by atoms with Gasteiger partial charge in [0, 0.05) is 19.1 Å². The van der Waals surface area contributed by atoms with Gasteiger partial charge in [0.15, 0.2) is 0 Å². The van der Waals surface area contributed by atoms with Crippen molar-refractivity contribution in [2.45, 2.75) is 32.2 Å². The average molecular weight is 273 g/mol. The predicted molar refractivity (Wildman–Crippen MR) is 74.4 cm³/mol. The zero-order valence-electron chi connectivity index (χ0n) is 11.0. The Morgan fingerprint density at radius 1 is 1.33 bits per heavy atom. The van der Waals surface area contributed by atoms with Crippen molar-refractivity contribution in [3.8, 4) is 0 Å². The largest absolute Gasteiger partial charge is 0.369 e. The Bertz CT molecular complexity index is 278. The van der Waals surface area contributed by atoms with Crippen LogP contribution in [0.5, 0.6) is 0 Å². The Hall–Kier alpha value is -0.750. The number of rotatable bonds is 7. The first-order chi connectivity index (χ1) is 8.61. The van der Waals surface area contributed by atoms with Crippen LogP contribution in [-0.4, -0.2) is 53.9 Å². The molecule has 1 aliphatic rings. The number of thioether (sulfide) groups is 1. The molecular weight excluding hydrogens is 250 g/mol. The fourth-order valence-corrected chi connectivity index (χ4v) is 2.70. The molecule has 0 unspecified atom stereocenters. The van der Waals surface area contributed by atoms with E-state index in [-0.39, 0.29) is 17.6 Å². The van der Waals surface area contributed by atoms with Crippen molar-refractivity contribution in [3.63, 3.8) is 0 Å². The number of primary amides is 1. The van der Waals surface area contributed by atoms with Gasteiger partial charge in [0.25, 0.3) is 0 Å². The second kappa shape index (κ2) is 8.37. The number of hydrogen-bond donors (Lipinski definition) is 2. The molecule has 5 nitrogen and oxygen atoms in total. The molecule has 0 saturated carbocycles. The van der Waals surface area contributed by atoms with E-state index in [9.17, 15) is 9.59 Å². The Labute approximate surface area is 113 Å². The topological polar surface area (TPSA) is 75.4 Å². The fraction of sp³-hybridized carbons (Fsp3) is 0.833. The molecule has 1 fully saturated rings. The lowest BCUT2D eigenvalue weighted by Gasteiger charge is -2.32. The number of hydrogen-bond acceptors (Lipinski definition) is 4. The first-order valence-electron chi connectivity index (χ1n) is 6.49. The highest BCUT2D eigenvalue weighted by Gasteiger charge is 2.19. The van der Waals surface area contributed by atoms with E-state index in [4.69, 9.17) is 5.73 Å². The quantitative estimate of drug-likeness (QED) is 0.694. The van der Waals surface area contributed by atoms with E-state index in [1.165, 1.54) is 18.2 Å². The molecule has 1 rings (SSSR count). The molecule has 104 valence electrons. The average Bonchev–Trinajstić information content (AvgIpc) is 2.31. The van der Waals surface area contributed by atoms with Crippen molar-refractivity contribution in [1.29, 1.82) is 0 Å². The lowest BCUT2D eigenvalue weighted by molar-refractivity contribution is -0.119. The molecule has 1 aliphatic heterocycles. The number of nitrogens with one attached hydrogen (secondary N) is 1. The van der Waals surface area contributed by atoms with E-state index in [1.807, 2.05) is 0 Å². The summed E-state index contributed by atoms with van der Waals surface area (Å²) in [4.78, 5) is 24.6. The number of carbonyl (C=O) groups is 2. The summed E-state index contributed by atoms with van der Waals surface area (Å²) in [6, 6.07) is 0.291. The van der Waals surface area contributed by atoms with E-state index >= 15 is 0 Å². The van der Waals surface area contributed by atoms with Crippen LogP contribution in [0.3, 0.4) is 0 Å². The lowest BCUT2D eigenvalue weighted by atomic mass is 10.1. The number of carbonyl (C=O) groups excluding carboxylic acids is 2. The maximum Gasteiger partial charge on any atom is 0.230 e. The first kappa shape index (κ1) is 15.3. The third-order valence-corrected chi connectivity index (χ3v) is 3.92. The molecule has 0 atom stereocenters. The zero-order valence-corrected chi connectivity index (χ0v) is 11.8. The predicted octanol–water partition coefficient (Wildman–Crippen LogP) is 0.196. The molecule has 18 heavy (non-hydrogen) atoms. The molecule has 0 aromatic heterocycles. The summed E-state index contributed by atoms with van der Waals surface area (Å²) in [6.07, 6.45) is 3.22. The highest BCUT2D eigenvalue weighted by Crippen LogP contribution is 2.11. The molecule has 0 aromatic rings. The van der Waals surface area contributed by atoms with E-state index in [0.717, 1.165) is 32.5 Å². The van der Waals surface area contributed by atoms with Gasteiger partial charge in [-0.25, -0.2) is 0 Å². The van der Waals surface area contributed by atoms with Crippen molar-refractivity contribution in [2.24, 2.45) is 5.73 Å². The molecule has 0 radical (unpaired) electrons. The Morgan fingerprint density at radius 3 is 2.56 bits per heavy atom. The van der Waals surface area contributed by atoms with Crippen molar-refractivity contribution >= 4 is 23.6 Å². The monoisotopic (exact) mass is 273 g/mol. The Balaban J connectivity index is 2.12. The molecule has 3 N–H and O–H groups in total. The van der Waals surface area contributed by atoms with E-state index < -0.39 is 0 Å². The maximum absolute atomic E-state index is 11.6. The van der Waals surface area contributed by atoms with Crippen LogP contribution >= 0.6 is 11.8 Å². The van der Waals surface area contributed by atoms with E-state index in [1.54, 1.807) is 0 Å². The summed E-state index contributed by atoms with van der Waals surface area (Å²) in [5.74, 6) is 0.163. The Morgan fingerprint density at radius 2 is 2.00 bits per heavy atom. The van der Waals surface area contributed by atoms with Crippen LogP contribution in [0, 0.1) is 0 Å². The van der Waals surface area contributed by atoms with E-state index in [0.29, 0.717) is 11.8 Å². The molecule has 1 saturated heterocycles. The van der Waals surface area contributed by atoms with Gasteiger partial charge in [-0.3, -0.25) is 9.59 Å². The summed E-state index contributed by atoms with van der Waals surface area (Å²) >= 11 is 1.27. The number of amides is 2. The van der Waals surface area contributed by atoms with Gasteiger partial charge in [-0.1, -0.05) is 6.92 Å². The standard InChI is InChI=1S/C12H23N3O2S/c1-2-5-15-6-3-10(4-7-15)14-12(17)9-18-8-11(13)16/h10H,2-9H2,1H3,(H2,13,16)(H,14,17). The smallest absolute Gasteiger partial charge is 0.230 e. The summed E-state index contributed by atoms with van der Waals surface area (Å²) < 4.78 is 0. The third-order valence-electron chi connectivity index (χ3n) is 2.97. The second-order valence-corrected chi connectivity index (χ2v) is 5.63. The van der Waals surface area contributed by atoms with Gasteiger partial charge >= 0.3 is 0 Å². The molecule has 0 spiro atoms. The van der Waals surface area contributed by atoms with Crippen LogP contribution in [-0.2, 0) is 9.59 Å². The first-order valence-corrected chi connectivity index (χ1v) is 7.65. The highest BCUT2D eigenvalue weighted by atomic mass is 32.2. The van der Waals surface area contributed by atoms with Crippen LogP contribution < -0.4 is 11.1 Å². The van der Waals surface area contributed by atoms with Gasteiger partial charge in [-0.05, 0) is 25.8 Å². The number of nitrogens with zero attached hydrogens (tertiary/aromatic N) is 1. The maximum atomic E-state index is 11.6. The van der Waals surface area contributed by atoms with Gasteiger partial charge < -0.3 is 16.0 Å². The van der Waals surface area contributed by atoms with Gasteiger partial charge in [-0.15, -0.1) is 11.8 Å². The molecule has 1 heterocycles. The van der Waals surface area contributed by atoms with Crippen molar-refractivity contribution < 1.29 is 9.59 Å². The van der Waals surface area contributed by atoms with Crippen LogP contribution in [0.2, 0.25) is 0 Å². The van der Waals surface area contributed by atoms with Gasteiger partial charge in [-0.2, -0.15) is 0 Å². The minimum atomic E-state index is -0.374. The summed E-state index contributed by atoms with van der Waals surface area (Å²) in [6.45, 7) is 5.46. The van der Waals surface area contributed by atoms with Crippen LogP contribution in [0.4, 0.5) is 0 Å².